The van der Waals surface area contributed by atoms with E-state index in [-0.39, 0.29) is 12.5 Å². The number of hydrogen-bond donors (Lipinski definition) is 0. The zero-order chi connectivity index (χ0) is 13.2. The van der Waals surface area contributed by atoms with Gasteiger partial charge in [-0.25, -0.2) is 0 Å². The van der Waals surface area contributed by atoms with Crippen LogP contribution in [-0.4, -0.2) is 44.8 Å². The van der Waals surface area contributed by atoms with Crippen molar-refractivity contribution >= 4 is 10.1 Å². The molecule has 0 saturated carbocycles. The lowest BCUT2D eigenvalue weighted by atomic mass is 10.0. The largest absolute Gasteiger partial charge is 0.299 e. The van der Waals surface area contributed by atoms with Crippen molar-refractivity contribution in [2.45, 2.75) is 12.5 Å². The van der Waals surface area contributed by atoms with Crippen molar-refractivity contribution in [1.29, 1.82) is 0 Å². The van der Waals surface area contributed by atoms with Gasteiger partial charge >= 0.3 is 0 Å². The minimum absolute atomic E-state index is 0.245. The third-order valence-electron chi connectivity index (χ3n) is 3.22. The molecular weight excluding hydrogens is 252 g/mol. The first kappa shape index (κ1) is 13.5. The van der Waals surface area contributed by atoms with Crippen LogP contribution in [0.1, 0.15) is 18.0 Å². The summed E-state index contributed by atoms with van der Waals surface area (Å²) in [6.45, 7) is 1.11. The van der Waals surface area contributed by atoms with Crippen LogP contribution in [0, 0.1) is 5.92 Å². The highest BCUT2D eigenvalue weighted by molar-refractivity contribution is 7.85. The van der Waals surface area contributed by atoms with E-state index in [0.717, 1.165) is 19.2 Å². The first-order valence-electron chi connectivity index (χ1n) is 5.90. The Labute approximate surface area is 108 Å². The second kappa shape index (κ2) is 5.34. The van der Waals surface area contributed by atoms with E-state index in [0.29, 0.717) is 6.04 Å². The van der Waals surface area contributed by atoms with Crippen molar-refractivity contribution in [3.05, 3.63) is 30.1 Å². The zero-order valence-corrected chi connectivity index (χ0v) is 11.4. The monoisotopic (exact) mass is 270 g/mol. The second-order valence-corrected chi connectivity index (χ2v) is 6.48. The number of likely N-dealkylation sites (tertiary alicyclic amines) is 1. The fourth-order valence-corrected chi connectivity index (χ4v) is 2.85. The standard InChI is InChI=1S/C12H18N2O3S/c1-14-8-10(9-17-18(2,15)16)6-12(14)11-4-3-5-13-7-11/h3-5,7,10,12H,6,8-9H2,1-2H3/t10?,12-/m0/s1. The van der Waals surface area contributed by atoms with Gasteiger partial charge in [0.1, 0.15) is 0 Å². The topological polar surface area (TPSA) is 59.5 Å². The Morgan fingerprint density at radius 2 is 2.33 bits per heavy atom. The average molecular weight is 270 g/mol. The average Bonchev–Trinajstić information content (AvgIpc) is 2.68. The SMILES string of the molecule is CN1CC(COS(C)(=O)=O)C[C@H]1c1cccnc1. The molecule has 0 aliphatic carbocycles. The van der Waals surface area contributed by atoms with Crippen LogP contribution in [-0.2, 0) is 14.3 Å². The van der Waals surface area contributed by atoms with E-state index in [1.165, 1.54) is 5.56 Å². The van der Waals surface area contributed by atoms with Crippen molar-refractivity contribution in [1.82, 2.24) is 9.88 Å². The Bertz CT molecular complexity index is 489. The molecule has 2 atom stereocenters. The van der Waals surface area contributed by atoms with Crippen LogP contribution in [0.4, 0.5) is 0 Å². The third kappa shape index (κ3) is 3.51. The number of pyridine rings is 1. The van der Waals surface area contributed by atoms with Crippen LogP contribution in [0.3, 0.4) is 0 Å². The summed E-state index contributed by atoms with van der Waals surface area (Å²) in [6, 6.07) is 4.27. The fraction of sp³-hybridized carbons (Fsp3) is 0.583. The molecule has 2 rings (SSSR count). The summed E-state index contributed by atoms with van der Waals surface area (Å²) in [6.07, 6.45) is 5.60. The zero-order valence-electron chi connectivity index (χ0n) is 10.6. The van der Waals surface area contributed by atoms with Crippen LogP contribution in [0.2, 0.25) is 0 Å². The molecule has 0 spiro atoms. The fourth-order valence-electron chi connectivity index (χ4n) is 2.41. The molecule has 1 fully saturated rings. The molecule has 0 N–H and O–H groups in total. The molecule has 100 valence electrons. The van der Waals surface area contributed by atoms with Crippen LogP contribution in [0.5, 0.6) is 0 Å². The maximum absolute atomic E-state index is 11.0. The maximum Gasteiger partial charge on any atom is 0.264 e. The predicted octanol–water partition coefficient (Wildman–Crippen LogP) is 1.05. The van der Waals surface area contributed by atoms with E-state index >= 15 is 0 Å². The third-order valence-corrected chi connectivity index (χ3v) is 3.79. The number of aromatic nitrogens is 1. The molecule has 0 aromatic carbocycles. The molecule has 1 saturated heterocycles. The van der Waals surface area contributed by atoms with E-state index in [1.807, 2.05) is 25.4 Å². The normalized spacial score (nSPS) is 25.4. The highest BCUT2D eigenvalue weighted by Crippen LogP contribution is 2.33. The van der Waals surface area contributed by atoms with Crippen molar-refractivity contribution < 1.29 is 12.6 Å². The lowest BCUT2D eigenvalue weighted by Crippen LogP contribution is -2.20. The van der Waals surface area contributed by atoms with Crippen molar-refractivity contribution in [3.8, 4) is 0 Å². The molecule has 2 heterocycles. The molecule has 6 heteroatoms. The van der Waals surface area contributed by atoms with E-state index < -0.39 is 10.1 Å². The molecule has 1 unspecified atom stereocenters. The molecular formula is C12H18N2O3S. The van der Waals surface area contributed by atoms with Crippen LogP contribution >= 0.6 is 0 Å². The van der Waals surface area contributed by atoms with Gasteiger partial charge in [-0.05, 0) is 31.0 Å². The molecule has 1 aliphatic rings. The number of rotatable bonds is 4. The highest BCUT2D eigenvalue weighted by Gasteiger charge is 2.31. The summed E-state index contributed by atoms with van der Waals surface area (Å²) in [5.41, 5.74) is 1.17. The second-order valence-electron chi connectivity index (χ2n) is 4.83. The summed E-state index contributed by atoms with van der Waals surface area (Å²) < 4.78 is 26.8. The van der Waals surface area contributed by atoms with E-state index in [9.17, 15) is 8.42 Å². The van der Waals surface area contributed by atoms with E-state index in [2.05, 4.69) is 9.88 Å². The molecule has 18 heavy (non-hydrogen) atoms. The Morgan fingerprint density at radius 1 is 1.56 bits per heavy atom. The Kier molecular flexibility index (Phi) is 3.99. The molecule has 0 amide bonds. The molecule has 0 radical (unpaired) electrons. The summed E-state index contributed by atoms with van der Waals surface area (Å²) in [5, 5.41) is 0. The van der Waals surface area contributed by atoms with Gasteiger partial charge in [0.15, 0.2) is 0 Å². The van der Waals surface area contributed by atoms with Gasteiger partial charge in [0.25, 0.3) is 10.1 Å². The van der Waals surface area contributed by atoms with Crippen molar-refractivity contribution in [2.75, 3.05) is 26.5 Å². The van der Waals surface area contributed by atoms with Gasteiger partial charge in [0.05, 0.1) is 12.9 Å². The van der Waals surface area contributed by atoms with Gasteiger partial charge in [-0.2, -0.15) is 8.42 Å². The van der Waals surface area contributed by atoms with E-state index in [4.69, 9.17) is 4.18 Å². The van der Waals surface area contributed by atoms with Crippen molar-refractivity contribution in [3.63, 3.8) is 0 Å². The van der Waals surface area contributed by atoms with Gasteiger partial charge in [-0.15, -0.1) is 0 Å². The van der Waals surface area contributed by atoms with Gasteiger partial charge < -0.3 is 0 Å². The summed E-state index contributed by atoms with van der Waals surface area (Å²) in [7, 11) is -1.30. The lowest BCUT2D eigenvalue weighted by molar-refractivity contribution is 0.254. The Hall–Kier alpha value is -0.980. The maximum atomic E-state index is 11.0. The van der Waals surface area contributed by atoms with Crippen LogP contribution in [0.15, 0.2) is 24.5 Å². The molecule has 1 aromatic heterocycles. The summed E-state index contributed by atoms with van der Waals surface area (Å²) in [4.78, 5) is 6.34. The smallest absolute Gasteiger partial charge is 0.264 e. The molecule has 1 aliphatic heterocycles. The van der Waals surface area contributed by atoms with Crippen LogP contribution < -0.4 is 0 Å². The van der Waals surface area contributed by atoms with Crippen molar-refractivity contribution in [2.24, 2.45) is 5.92 Å². The molecule has 1 aromatic rings. The minimum Gasteiger partial charge on any atom is -0.299 e. The molecule has 5 nitrogen and oxygen atoms in total. The van der Waals surface area contributed by atoms with Gasteiger partial charge in [0.2, 0.25) is 0 Å². The summed E-state index contributed by atoms with van der Waals surface area (Å²) in [5.74, 6) is 0.245. The van der Waals surface area contributed by atoms with Gasteiger partial charge in [-0.1, -0.05) is 6.07 Å². The first-order valence-corrected chi connectivity index (χ1v) is 7.72. The molecule has 0 bridgehead atoms. The first-order chi connectivity index (χ1) is 8.46. The minimum atomic E-state index is -3.34. The van der Waals surface area contributed by atoms with Gasteiger partial charge in [0, 0.05) is 25.0 Å². The quantitative estimate of drug-likeness (QED) is 0.765. The predicted molar refractivity (Wildman–Crippen MR) is 68.5 cm³/mol. The summed E-state index contributed by atoms with van der Waals surface area (Å²) >= 11 is 0. The van der Waals surface area contributed by atoms with Crippen LogP contribution in [0.25, 0.3) is 0 Å². The van der Waals surface area contributed by atoms with E-state index in [1.54, 1.807) is 6.20 Å². The Balaban J connectivity index is 1.97. The highest BCUT2D eigenvalue weighted by atomic mass is 32.2. The Morgan fingerprint density at radius 3 is 2.94 bits per heavy atom. The number of hydrogen-bond acceptors (Lipinski definition) is 5. The number of nitrogens with zero attached hydrogens (tertiary/aromatic N) is 2. The van der Waals surface area contributed by atoms with Gasteiger partial charge in [-0.3, -0.25) is 14.1 Å². The lowest BCUT2D eigenvalue weighted by Gasteiger charge is -2.18.